The van der Waals surface area contributed by atoms with E-state index in [1.54, 1.807) is 19.4 Å². The Bertz CT molecular complexity index is 1150. The van der Waals surface area contributed by atoms with Crippen LogP contribution in [0.5, 0.6) is 11.5 Å². The largest absolute Gasteiger partial charge is 0.496 e. The SMILES string of the molecule is COc1cc(OCc2ccc(C)cc2)ccc1-c1nc(-c2ccc(Cl)cn2)[nH]c1C. The number of H-pyrrole nitrogens is 1. The van der Waals surface area contributed by atoms with Gasteiger partial charge in [0, 0.05) is 23.5 Å². The number of aromatic amines is 1. The summed E-state index contributed by atoms with van der Waals surface area (Å²) in [7, 11) is 1.65. The molecule has 0 radical (unpaired) electrons. The first kappa shape index (κ1) is 20.0. The van der Waals surface area contributed by atoms with Crippen molar-refractivity contribution < 1.29 is 9.47 Å². The molecule has 0 aliphatic heterocycles. The molecule has 30 heavy (non-hydrogen) atoms. The maximum absolute atomic E-state index is 5.95. The van der Waals surface area contributed by atoms with Crippen molar-refractivity contribution in [2.24, 2.45) is 0 Å². The highest BCUT2D eigenvalue weighted by Crippen LogP contribution is 2.35. The minimum absolute atomic E-state index is 0.497. The van der Waals surface area contributed by atoms with Gasteiger partial charge in [0.15, 0.2) is 5.82 Å². The Balaban J connectivity index is 1.58. The molecule has 0 atom stereocenters. The average molecular weight is 420 g/mol. The number of pyridine rings is 1. The maximum atomic E-state index is 5.95. The van der Waals surface area contributed by atoms with Gasteiger partial charge in [-0.3, -0.25) is 4.98 Å². The van der Waals surface area contributed by atoms with Crippen molar-refractivity contribution in [3.05, 3.63) is 82.6 Å². The van der Waals surface area contributed by atoms with Gasteiger partial charge in [0.25, 0.3) is 0 Å². The molecule has 0 aliphatic rings. The lowest BCUT2D eigenvalue weighted by Crippen LogP contribution is -1.97. The van der Waals surface area contributed by atoms with E-state index in [-0.39, 0.29) is 0 Å². The Morgan fingerprint density at radius 1 is 1.00 bits per heavy atom. The van der Waals surface area contributed by atoms with Gasteiger partial charge in [-0.05, 0) is 43.7 Å². The zero-order chi connectivity index (χ0) is 21.1. The number of ether oxygens (including phenoxy) is 2. The molecule has 0 amide bonds. The molecular weight excluding hydrogens is 398 g/mol. The summed E-state index contributed by atoms with van der Waals surface area (Å²) >= 11 is 5.94. The van der Waals surface area contributed by atoms with Gasteiger partial charge in [0.2, 0.25) is 0 Å². The van der Waals surface area contributed by atoms with Crippen molar-refractivity contribution >= 4 is 11.6 Å². The maximum Gasteiger partial charge on any atom is 0.156 e. The lowest BCUT2D eigenvalue weighted by Gasteiger charge is -2.11. The van der Waals surface area contributed by atoms with Gasteiger partial charge in [-0.25, -0.2) is 4.98 Å². The molecule has 1 N–H and O–H groups in total. The van der Waals surface area contributed by atoms with E-state index >= 15 is 0 Å². The second-order valence-electron chi connectivity index (χ2n) is 7.06. The number of hydrogen-bond acceptors (Lipinski definition) is 4. The molecule has 0 bridgehead atoms. The monoisotopic (exact) mass is 419 g/mol. The second kappa shape index (κ2) is 8.59. The van der Waals surface area contributed by atoms with Crippen molar-refractivity contribution in [2.45, 2.75) is 20.5 Å². The Kier molecular flexibility index (Phi) is 5.72. The van der Waals surface area contributed by atoms with E-state index in [0.29, 0.717) is 23.2 Å². The number of rotatable bonds is 6. The molecule has 0 saturated carbocycles. The van der Waals surface area contributed by atoms with Gasteiger partial charge in [-0.2, -0.15) is 0 Å². The molecule has 4 aromatic rings. The molecule has 2 aromatic carbocycles. The number of aryl methyl sites for hydroxylation is 2. The van der Waals surface area contributed by atoms with Gasteiger partial charge in [0.1, 0.15) is 23.8 Å². The van der Waals surface area contributed by atoms with Crippen LogP contribution in [0.25, 0.3) is 22.8 Å². The molecule has 0 unspecified atom stereocenters. The average Bonchev–Trinajstić information content (AvgIpc) is 3.15. The zero-order valence-corrected chi connectivity index (χ0v) is 17.8. The van der Waals surface area contributed by atoms with E-state index in [9.17, 15) is 0 Å². The number of methoxy groups -OCH3 is 1. The fourth-order valence-electron chi connectivity index (χ4n) is 3.17. The molecule has 0 fully saturated rings. The molecule has 0 spiro atoms. The molecule has 4 rings (SSSR count). The van der Waals surface area contributed by atoms with E-state index in [1.165, 1.54) is 5.56 Å². The fraction of sp³-hybridized carbons (Fsp3) is 0.167. The minimum atomic E-state index is 0.497. The van der Waals surface area contributed by atoms with Crippen molar-refractivity contribution in [2.75, 3.05) is 7.11 Å². The number of nitrogens with one attached hydrogen (secondary N) is 1. The second-order valence-corrected chi connectivity index (χ2v) is 7.49. The number of hydrogen-bond donors (Lipinski definition) is 1. The lowest BCUT2D eigenvalue weighted by atomic mass is 10.1. The predicted octanol–water partition coefficient (Wildman–Crippen LogP) is 6.00. The summed E-state index contributed by atoms with van der Waals surface area (Å²) in [5.74, 6) is 2.12. The Morgan fingerprint density at radius 3 is 2.50 bits per heavy atom. The highest BCUT2D eigenvalue weighted by Gasteiger charge is 2.16. The third-order valence-electron chi connectivity index (χ3n) is 4.81. The molecule has 0 saturated heterocycles. The lowest BCUT2D eigenvalue weighted by molar-refractivity contribution is 0.304. The van der Waals surface area contributed by atoms with Crippen LogP contribution in [0.1, 0.15) is 16.8 Å². The molecule has 2 heterocycles. The fourth-order valence-corrected chi connectivity index (χ4v) is 3.28. The van der Waals surface area contributed by atoms with Gasteiger partial charge < -0.3 is 14.5 Å². The summed E-state index contributed by atoms with van der Waals surface area (Å²) in [5, 5.41) is 0.588. The van der Waals surface area contributed by atoms with E-state index in [4.69, 9.17) is 26.1 Å². The highest BCUT2D eigenvalue weighted by atomic mass is 35.5. The number of nitrogens with zero attached hydrogens (tertiary/aromatic N) is 2. The van der Waals surface area contributed by atoms with Gasteiger partial charge in [-0.1, -0.05) is 41.4 Å². The first-order chi connectivity index (χ1) is 14.5. The topological polar surface area (TPSA) is 60.0 Å². The van der Waals surface area contributed by atoms with Crippen molar-refractivity contribution in [1.29, 1.82) is 0 Å². The molecule has 0 aliphatic carbocycles. The first-order valence-electron chi connectivity index (χ1n) is 9.59. The normalized spacial score (nSPS) is 10.8. The third kappa shape index (κ3) is 4.31. The Hall–Kier alpha value is -3.31. The van der Waals surface area contributed by atoms with Crippen LogP contribution < -0.4 is 9.47 Å². The summed E-state index contributed by atoms with van der Waals surface area (Å²) < 4.78 is 11.6. The molecule has 5 nitrogen and oxygen atoms in total. The van der Waals surface area contributed by atoms with Crippen molar-refractivity contribution in [3.8, 4) is 34.3 Å². The van der Waals surface area contributed by atoms with Crippen LogP contribution in [0, 0.1) is 13.8 Å². The highest BCUT2D eigenvalue weighted by molar-refractivity contribution is 6.30. The van der Waals surface area contributed by atoms with Crippen molar-refractivity contribution in [3.63, 3.8) is 0 Å². The summed E-state index contributed by atoms with van der Waals surface area (Å²) in [6.45, 7) is 4.54. The quantitative estimate of drug-likeness (QED) is 0.416. The third-order valence-corrected chi connectivity index (χ3v) is 5.03. The molecule has 152 valence electrons. The van der Waals surface area contributed by atoms with Gasteiger partial charge in [-0.15, -0.1) is 0 Å². The van der Waals surface area contributed by atoms with Crippen LogP contribution in [0.2, 0.25) is 5.02 Å². The molecule has 6 heteroatoms. The van der Waals surface area contributed by atoms with E-state index < -0.39 is 0 Å². The summed E-state index contributed by atoms with van der Waals surface area (Å²) in [6, 6.07) is 17.7. The van der Waals surface area contributed by atoms with E-state index in [0.717, 1.165) is 34.0 Å². The van der Waals surface area contributed by atoms with Gasteiger partial charge in [0.05, 0.1) is 17.8 Å². The van der Waals surface area contributed by atoms with E-state index in [1.807, 2.05) is 31.2 Å². The van der Waals surface area contributed by atoms with Crippen LogP contribution >= 0.6 is 11.6 Å². The van der Waals surface area contributed by atoms with Gasteiger partial charge >= 0.3 is 0 Å². The van der Waals surface area contributed by atoms with Crippen LogP contribution in [0.15, 0.2) is 60.8 Å². The minimum Gasteiger partial charge on any atom is -0.496 e. The Morgan fingerprint density at radius 2 is 1.80 bits per heavy atom. The van der Waals surface area contributed by atoms with Crippen molar-refractivity contribution in [1.82, 2.24) is 15.0 Å². The standard InChI is InChI=1S/C24H22ClN3O2/c1-15-4-6-17(7-5-15)14-30-19-9-10-20(22(12-19)29-3)23-16(2)27-24(28-23)21-11-8-18(25)13-26-21/h4-13H,14H2,1-3H3,(H,27,28). The zero-order valence-electron chi connectivity index (χ0n) is 17.1. The molecule has 2 aromatic heterocycles. The number of benzene rings is 2. The van der Waals surface area contributed by atoms with Crippen LogP contribution in [-0.2, 0) is 6.61 Å². The summed E-state index contributed by atoms with van der Waals surface area (Å²) in [5.41, 5.74) is 5.69. The van der Waals surface area contributed by atoms with E-state index in [2.05, 4.69) is 41.2 Å². The van der Waals surface area contributed by atoms with Crippen LogP contribution in [0.4, 0.5) is 0 Å². The number of halogens is 1. The first-order valence-corrected chi connectivity index (χ1v) is 9.96. The number of imidazole rings is 1. The smallest absolute Gasteiger partial charge is 0.156 e. The van der Waals surface area contributed by atoms with Crippen LogP contribution in [-0.4, -0.2) is 22.1 Å². The predicted molar refractivity (Wildman–Crippen MR) is 119 cm³/mol. The summed E-state index contributed by atoms with van der Waals surface area (Å²) in [4.78, 5) is 12.4. The van der Waals surface area contributed by atoms with Crippen LogP contribution in [0.3, 0.4) is 0 Å². The number of aromatic nitrogens is 3. The summed E-state index contributed by atoms with van der Waals surface area (Å²) in [6.07, 6.45) is 1.61. The molecular formula is C24H22ClN3O2. The Labute approximate surface area is 180 Å².